The van der Waals surface area contributed by atoms with Crippen LogP contribution in [0.5, 0.6) is 0 Å². The summed E-state index contributed by atoms with van der Waals surface area (Å²) in [6, 6.07) is 8.97. The third-order valence-electron chi connectivity index (χ3n) is 4.11. The first kappa shape index (κ1) is 19.1. The van der Waals surface area contributed by atoms with Gasteiger partial charge in [-0.3, -0.25) is 14.2 Å². The Bertz CT molecular complexity index is 1260. The van der Waals surface area contributed by atoms with Crippen molar-refractivity contribution in [1.82, 2.24) is 9.55 Å². The summed E-state index contributed by atoms with van der Waals surface area (Å²) in [5, 5.41) is 5.74. The minimum Gasteiger partial charge on any atom is -0.323 e. The highest BCUT2D eigenvalue weighted by molar-refractivity contribution is 7.19. The number of carbonyl (C=O) groups is 1. The predicted octanol–water partition coefficient (Wildman–Crippen LogP) is 5.44. The molecule has 5 nitrogen and oxygen atoms in total. The number of rotatable bonds is 4. The molecule has 4 aromatic rings. The molecule has 0 aliphatic heterocycles. The molecular weight excluding hydrogens is 437 g/mol. The van der Waals surface area contributed by atoms with Crippen molar-refractivity contribution in [1.29, 1.82) is 0 Å². The smallest absolute Gasteiger partial charge is 0.263 e. The van der Waals surface area contributed by atoms with Crippen LogP contribution in [0.25, 0.3) is 20.7 Å². The zero-order chi connectivity index (χ0) is 19.8. The van der Waals surface area contributed by atoms with Crippen molar-refractivity contribution in [3.8, 4) is 10.4 Å². The van der Waals surface area contributed by atoms with Crippen LogP contribution in [0.15, 0.2) is 46.8 Å². The molecule has 0 bridgehead atoms. The maximum absolute atomic E-state index is 13.0. The summed E-state index contributed by atoms with van der Waals surface area (Å²) in [4.78, 5) is 32.6. The highest BCUT2D eigenvalue weighted by atomic mass is 35.5. The van der Waals surface area contributed by atoms with E-state index < -0.39 is 5.91 Å². The fourth-order valence-corrected chi connectivity index (χ4v) is 5.00. The third kappa shape index (κ3) is 3.58. The van der Waals surface area contributed by atoms with Crippen LogP contribution >= 0.6 is 45.9 Å². The van der Waals surface area contributed by atoms with E-state index in [1.54, 1.807) is 29.5 Å². The van der Waals surface area contributed by atoms with Crippen molar-refractivity contribution in [3.05, 3.63) is 67.3 Å². The molecule has 0 spiro atoms. The molecular formula is C19H13Cl2N3O2S2. The standard InChI is InChI=1S/C19H13Cl2N3O2S2/c1-10-5-6-14(28-10)11-8-27-18-16(11)19(26)24(9-22-18)7-15(25)23-13-4-2-3-12(20)17(13)21/h2-6,8-9H,7H2,1H3,(H,23,25). The van der Waals surface area contributed by atoms with Crippen molar-refractivity contribution >= 4 is 67.7 Å². The van der Waals surface area contributed by atoms with Gasteiger partial charge in [0, 0.05) is 20.7 Å². The molecule has 4 rings (SSSR count). The number of hydrogen-bond acceptors (Lipinski definition) is 5. The molecule has 28 heavy (non-hydrogen) atoms. The van der Waals surface area contributed by atoms with Gasteiger partial charge in [-0.05, 0) is 31.2 Å². The number of thiophene rings is 2. The fraction of sp³-hybridized carbons (Fsp3) is 0.105. The number of aromatic nitrogens is 2. The van der Waals surface area contributed by atoms with Gasteiger partial charge in [-0.15, -0.1) is 22.7 Å². The molecule has 3 heterocycles. The molecule has 0 aliphatic rings. The Labute approximate surface area is 178 Å². The van der Waals surface area contributed by atoms with E-state index in [-0.39, 0.29) is 17.1 Å². The maximum Gasteiger partial charge on any atom is 0.263 e. The second kappa shape index (κ2) is 7.67. The molecule has 0 atom stereocenters. The second-order valence-electron chi connectivity index (χ2n) is 6.07. The van der Waals surface area contributed by atoms with Gasteiger partial charge in [0.25, 0.3) is 5.56 Å². The molecule has 0 radical (unpaired) electrons. The summed E-state index contributed by atoms with van der Waals surface area (Å²) >= 11 is 15.1. The molecule has 0 saturated carbocycles. The number of aryl methyl sites for hydroxylation is 1. The molecule has 0 aliphatic carbocycles. The Morgan fingerprint density at radius 2 is 2.07 bits per heavy atom. The highest BCUT2D eigenvalue weighted by Crippen LogP contribution is 2.35. The van der Waals surface area contributed by atoms with Crippen LogP contribution in [0.4, 0.5) is 5.69 Å². The normalized spacial score (nSPS) is 11.1. The third-order valence-corrected chi connectivity index (χ3v) is 6.85. The lowest BCUT2D eigenvalue weighted by Gasteiger charge is -2.09. The minimum atomic E-state index is -0.392. The van der Waals surface area contributed by atoms with Crippen molar-refractivity contribution < 1.29 is 4.79 Å². The van der Waals surface area contributed by atoms with E-state index in [2.05, 4.69) is 10.3 Å². The summed E-state index contributed by atoms with van der Waals surface area (Å²) in [5.41, 5.74) is 0.995. The Kier molecular flexibility index (Phi) is 5.25. The van der Waals surface area contributed by atoms with Gasteiger partial charge in [0.2, 0.25) is 5.91 Å². The number of fused-ring (bicyclic) bond motifs is 1. The van der Waals surface area contributed by atoms with E-state index in [9.17, 15) is 9.59 Å². The predicted molar refractivity (Wildman–Crippen MR) is 117 cm³/mol. The van der Waals surface area contributed by atoms with Gasteiger partial charge in [-0.25, -0.2) is 4.98 Å². The molecule has 0 fully saturated rings. The van der Waals surface area contributed by atoms with Crippen LogP contribution in [0.3, 0.4) is 0 Å². The van der Waals surface area contributed by atoms with E-state index in [0.717, 1.165) is 15.3 Å². The summed E-state index contributed by atoms with van der Waals surface area (Å²) < 4.78 is 1.30. The molecule has 3 aromatic heterocycles. The lowest BCUT2D eigenvalue weighted by molar-refractivity contribution is -0.116. The topological polar surface area (TPSA) is 64.0 Å². The van der Waals surface area contributed by atoms with E-state index >= 15 is 0 Å². The first-order valence-electron chi connectivity index (χ1n) is 8.21. The number of anilines is 1. The van der Waals surface area contributed by atoms with Crippen LogP contribution in [0.1, 0.15) is 4.88 Å². The SMILES string of the molecule is Cc1ccc(-c2csc3ncn(CC(=O)Nc4cccc(Cl)c4Cl)c(=O)c23)s1. The molecule has 1 N–H and O–H groups in total. The van der Waals surface area contributed by atoms with Gasteiger partial charge in [0.1, 0.15) is 11.4 Å². The van der Waals surface area contributed by atoms with Crippen LogP contribution in [-0.2, 0) is 11.3 Å². The van der Waals surface area contributed by atoms with Gasteiger partial charge in [-0.2, -0.15) is 0 Å². The van der Waals surface area contributed by atoms with Gasteiger partial charge in [0.15, 0.2) is 0 Å². The quantitative estimate of drug-likeness (QED) is 0.450. The fourth-order valence-electron chi connectivity index (χ4n) is 2.79. The largest absolute Gasteiger partial charge is 0.323 e. The average molecular weight is 450 g/mol. The van der Waals surface area contributed by atoms with E-state index in [4.69, 9.17) is 23.2 Å². The number of halogens is 2. The van der Waals surface area contributed by atoms with Crippen LogP contribution in [0.2, 0.25) is 10.0 Å². The number of carbonyl (C=O) groups excluding carboxylic acids is 1. The van der Waals surface area contributed by atoms with Crippen molar-refractivity contribution in [2.45, 2.75) is 13.5 Å². The van der Waals surface area contributed by atoms with Crippen molar-refractivity contribution in [2.24, 2.45) is 0 Å². The number of nitrogens with one attached hydrogen (secondary N) is 1. The van der Waals surface area contributed by atoms with Gasteiger partial charge in [0.05, 0.1) is 27.4 Å². The summed E-state index contributed by atoms with van der Waals surface area (Å²) in [5.74, 6) is -0.392. The molecule has 142 valence electrons. The highest BCUT2D eigenvalue weighted by Gasteiger charge is 2.16. The van der Waals surface area contributed by atoms with Gasteiger partial charge >= 0.3 is 0 Å². The van der Waals surface area contributed by atoms with E-state index in [1.165, 1.54) is 22.2 Å². The van der Waals surface area contributed by atoms with Gasteiger partial charge < -0.3 is 5.32 Å². The summed E-state index contributed by atoms with van der Waals surface area (Å²) in [7, 11) is 0. The average Bonchev–Trinajstić information content (AvgIpc) is 3.28. The number of nitrogens with zero attached hydrogens (tertiary/aromatic N) is 2. The molecule has 1 amide bonds. The van der Waals surface area contributed by atoms with Crippen LogP contribution in [-0.4, -0.2) is 15.5 Å². The Morgan fingerprint density at radius 3 is 2.82 bits per heavy atom. The monoisotopic (exact) mass is 449 g/mol. The minimum absolute atomic E-state index is 0.177. The molecule has 9 heteroatoms. The van der Waals surface area contributed by atoms with E-state index in [1.807, 2.05) is 24.4 Å². The Morgan fingerprint density at radius 1 is 1.25 bits per heavy atom. The maximum atomic E-state index is 13.0. The zero-order valence-corrected chi connectivity index (χ0v) is 17.7. The van der Waals surface area contributed by atoms with Crippen molar-refractivity contribution in [3.63, 3.8) is 0 Å². The summed E-state index contributed by atoms with van der Waals surface area (Å²) in [6.45, 7) is 1.84. The Balaban J connectivity index is 1.66. The van der Waals surface area contributed by atoms with Gasteiger partial charge in [-0.1, -0.05) is 29.3 Å². The lowest BCUT2D eigenvalue weighted by Crippen LogP contribution is -2.27. The number of benzene rings is 1. The first-order valence-corrected chi connectivity index (χ1v) is 10.7. The van der Waals surface area contributed by atoms with Crippen LogP contribution in [0, 0.1) is 6.92 Å². The first-order chi connectivity index (χ1) is 13.4. The second-order valence-corrected chi connectivity index (χ2v) is 9.00. The van der Waals surface area contributed by atoms with E-state index in [0.29, 0.717) is 20.9 Å². The Hall–Kier alpha value is -2.19. The summed E-state index contributed by atoms with van der Waals surface area (Å²) in [6.07, 6.45) is 1.39. The number of hydrogen-bond donors (Lipinski definition) is 1. The molecule has 0 unspecified atom stereocenters. The molecule has 1 aromatic carbocycles. The number of amides is 1. The molecule has 0 saturated heterocycles. The zero-order valence-electron chi connectivity index (χ0n) is 14.5. The van der Waals surface area contributed by atoms with Crippen molar-refractivity contribution in [2.75, 3.05) is 5.32 Å². The van der Waals surface area contributed by atoms with Crippen LogP contribution < -0.4 is 10.9 Å². The lowest BCUT2D eigenvalue weighted by atomic mass is 10.2.